The maximum Gasteiger partial charge on any atom is 0.158 e. The van der Waals surface area contributed by atoms with Crippen LogP contribution in [0, 0.1) is 0 Å². The van der Waals surface area contributed by atoms with Crippen molar-refractivity contribution < 1.29 is 4.79 Å². The minimum Gasteiger partial charge on any atom is -0.294 e. The Balaban J connectivity index is 2.85. The molecule has 0 amide bonds. The van der Waals surface area contributed by atoms with Crippen LogP contribution in [0.3, 0.4) is 0 Å². The van der Waals surface area contributed by atoms with Gasteiger partial charge >= 0.3 is 0 Å². The fourth-order valence-corrected chi connectivity index (χ4v) is 0. The second-order valence-electron chi connectivity index (χ2n) is 0.651. The van der Waals surface area contributed by atoms with Gasteiger partial charge in [-0.2, -0.15) is 0 Å². The molecular formula is C2H4IOP. The standard InChI is InChI=1S/C2H4IOP/c1-2(4)5-3/h5H,1H3. The van der Waals surface area contributed by atoms with E-state index in [2.05, 4.69) is 22.0 Å². The third kappa shape index (κ3) is 4.83. The third-order valence-corrected chi connectivity index (χ3v) is 2.68. The van der Waals surface area contributed by atoms with Crippen molar-refractivity contribution in [3.05, 3.63) is 0 Å². The first-order valence-electron chi connectivity index (χ1n) is 1.14. The van der Waals surface area contributed by atoms with Crippen molar-refractivity contribution in [2.75, 3.05) is 0 Å². The molecule has 1 nitrogen and oxygen atoms in total. The summed E-state index contributed by atoms with van der Waals surface area (Å²) in [6.07, 6.45) is 0.445. The lowest BCUT2D eigenvalue weighted by atomic mass is 10.9. The van der Waals surface area contributed by atoms with Gasteiger partial charge in [0.1, 0.15) is 0 Å². The van der Waals surface area contributed by atoms with Crippen LogP contribution in [0.5, 0.6) is 0 Å². The monoisotopic (exact) mass is 202 g/mol. The van der Waals surface area contributed by atoms with Gasteiger partial charge in [0.2, 0.25) is 0 Å². The highest BCUT2D eigenvalue weighted by Gasteiger charge is 1.78. The van der Waals surface area contributed by atoms with E-state index in [9.17, 15) is 4.79 Å². The van der Waals surface area contributed by atoms with Crippen LogP contribution < -0.4 is 0 Å². The first-order chi connectivity index (χ1) is 2.27. The normalized spacial score (nSPS) is 10.0. The van der Waals surface area contributed by atoms with Crippen molar-refractivity contribution in [3.63, 3.8) is 0 Å². The van der Waals surface area contributed by atoms with Crippen LogP contribution in [0.25, 0.3) is 0 Å². The van der Waals surface area contributed by atoms with E-state index in [0.29, 0.717) is 6.22 Å². The molecule has 0 aliphatic heterocycles. The van der Waals surface area contributed by atoms with Crippen molar-refractivity contribution in [1.29, 1.82) is 0 Å². The van der Waals surface area contributed by atoms with Crippen molar-refractivity contribution in [1.82, 2.24) is 0 Å². The van der Waals surface area contributed by atoms with E-state index in [-0.39, 0.29) is 5.52 Å². The summed E-state index contributed by atoms with van der Waals surface area (Å²) >= 11 is 2.06. The molecule has 0 aromatic carbocycles. The summed E-state index contributed by atoms with van der Waals surface area (Å²) in [5.74, 6) is 0. The SMILES string of the molecule is CC(=O)PI. The Bertz CT molecular complexity index is 44.9. The van der Waals surface area contributed by atoms with Crippen LogP contribution in [0.15, 0.2) is 0 Å². The molecule has 0 N–H and O–H groups in total. The quantitative estimate of drug-likeness (QED) is 0.465. The molecule has 0 fully saturated rings. The fourth-order valence-electron chi connectivity index (χ4n) is 0. The molecule has 1 unspecified atom stereocenters. The molecule has 0 aromatic heterocycles. The predicted molar refractivity (Wildman–Crippen MR) is 33.0 cm³/mol. The third-order valence-electron chi connectivity index (χ3n) is 0.133. The largest absolute Gasteiger partial charge is 0.294 e. The van der Waals surface area contributed by atoms with Gasteiger partial charge in [0.15, 0.2) is 5.52 Å². The molecule has 0 spiro atoms. The van der Waals surface area contributed by atoms with Gasteiger partial charge in [0.05, 0.1) is 0 Å². The molecule has 0 radical (unpaired) electrons. The lowest BCUT2D eigenvalue weighted by Crippen LogP contribution is -1.64. The fraction of sp³-hybridized carbons (Fsp3) is 0.500. The van der Waals surface area contributed by atoms with Gasteiger partial charge in [-0.15, -0.1) is 0 Å². The lowest BCUT2D eigenvalue weighted by Gasteiger charge is -1.69. The summed E-state index contributed by atoms with van der Waals surface area (Å²) in [7, 11) is 0. The smallest absolute Gasteiger partial charge is 0.158 e. The zero-order valence-electron chi connectivity index (χ0n) is 2.79. The highest BCUT2D eigenvalue weighted by molar-refractivity contribution is 14.2. The predicted octanol–water partition coefficient (Wildman–Crippen LogP) is 1.56. The average Bonchev–Trinajstić information content (AvgIpc) is 1.38. The van der Waals surface area contributed by atoms with Gasteiger partial charge in [-0.25, -0.2) is 0 Å². The van der Waals surface area contributed by atoms with Gasteiger partial charge in [0, 0.05) is 6.22 Å². The molecule has 0 aliphatic carbocycles. The average molecular weight is 202 g/mol. The minimum atomic E-state index is 0.269. The Morgan fingerprint density at radius 1 is 2.00 bits per heavy atom. The number of hydrogen-bond donors (Lipinski definition) is 0. The number of halogens is 1. The molecule has 0 rings (SSSR count). The summed E-state index contributed by atoms with van der Waals surface area (Å²) in [4.78, 5) is 9.82. The number of rotatable bonds is 1. The molecule has 0 heterocycles. The highest BCUT2D eigenvalue weighted by Crippen LogP contribution is 2.19. The molecule has 0 aromatic rings. The highest BCUT2D eigenvalue weighted by atomic mass is 127. The zero-order valence-corrected chi connectivity index (χ0v) is 5.94. The summed E-state index contributed by atoms with van der Waals surface area (Å²) in [6, 6.07) is 0. The molecule has 0 saturated heterocycles. The van der Waals surface area contributed by atoms with Crippen LogP contribution in [0.4, 0.5) is 0 Å². The van der Waals surface area contributed by atoms with Gasteiger partial charge in [-0.1, -0.05) is 0 Å². The van der Waals surface area contributed by atoms with Crippen molar-refractivity contribution >= 4 is 33.8 Å². The Morgan fingerprint density at radius 3 is 2.20 bits per heavy atom. The molecular weight excluding hydrogens is 198 g/mol. The summed E-state index contributed by atoms with van der Waals surface area (Å²) in [5, 5.41) is 0. The molecule has 30 valence electrons. The Kier molecular flexibility index (Phi) is 3.54. The molecule has 5 heavy (non-hydrogen) atoms. The maximum atomic E-state index is 9.82. The molecule has 1 atom stereocenters. The van der Waals surface area contributed by atoms with Crippen molar-refractivity contribution in [2.24, 2.45) is 0 Å². The Labute approximate surface area is 45.8 Å². The van der Waals surface area contributed by atoms with E-state index in [0.717, 1.165) is 0 Å². The van der Waals surface area contributed by atoms with Crippen LogP contribution in [-0.4, -0.2) is 5.52 Å². The van der Waals surface area contributed by atoms with E-state index in [1.165, 1.54) is 0 Å². The number of carbonyl (C=O) groups excluding carboxylic acids is 1. The van der Waals surface area contributed by atoms with Gasteiger partial charge in [-0.3, -0.25) is 4.79 Å². The van der Waals surface area contributed by atoms with Gasteiger partial charge < -0.3 is 0 Å². The van der Waals surface area contributed by atoms with E-state index in [1.807, 2.05) is 0 Å². The Hall–Kier alpha value is 0.830. The number of carbonyl (C=O) groups is 1. The second-order valence-corrected chi connectivity index (χ2v) is 3.16. The topological polar surface area (TPSA) is 17.1 Å². The van der Waals surface area contributed by atoms with E-state index in [4.69, 9.17) is 0 Å². The van der Waals surface area contributed by atoms with Crippen LogP contribution >= 0.6 is 28.3 Å². The first kappa shape index (κ1) is 5.83. The van der Waals surface area contributed by atoms with Crippen LogP contribution in [0.2, 0.25) is 0 Å². The van der Waals surface area contributed by atoms with Gasteiger partial charge in [-0.05, 0) is 29.0 Å². The van der Waals surface area contributed by atoms with Crippen molar-refractivity contribution in [2.45, 2.75) is 6.92 Å². The van der Waals surface area contributed by atoms with Crippen LogP contribution in [0.1, 0.15) is 6.92 Å². The Morgan fingerprint density at radius 2 is 2.20 bits per heavy atom. The van der Waals surface area contributed by atoms with E-state index in [1.54, 1.807) is 6.92 Å². The summed E-state index contributed by atoms with van der Waals surface area (Å²) in [5.41, 5.74) is 0.269. The van der Waals surface area contributed by atoms with Crippen molar-refractivity contribution in [3.8, 4) is 0 Å². The second kappa shape index (κ2) is 3.04. The summed E-state index contributed by atoms with van der Waals surface area (Å²) < 4.78 is 0. The zero-order chi connectivity index (χ0) is 4.28. The maximum absolute atomic E-state index is 9.82. The lowest BCUT2D eigenvalue weighted by molar-refractivity contribution is -0.109. The van der Waals surface area contributed by atoms with E-state index < -0.39 is 0 Å². The summed E-state index contributed by atoms with van der Waals surface area (Å²) in [6.45, 7) is 1.59. The molecule has 3 heteroatoms. The van der Waals surface area contributed by atoms with Crippen LogP contribution in [-0.2, 0) is 4.79 Å². The molecule has 0 aliphatic rings. The number of hydrogen-bond acceptors (Lipinski definition) is 1. The molecule has 0 saturated carbocycles. The van der Waals surface area contributed by atoms with Gasteiger partial charge in [0.25, 0.3) is 0 Å². The minimum absolute atomic E-state index is 0.269. The first-order valence-corrected chi connectivity index (χ1v) is 5.26. The molecule has 0 bridgehead atoms. The van der Waals surface area contributed by atoms with E-state index >= 15 is 0 Å².